The molecule has 4 bridgehead atoms. The van der Waals surface area contributed by atoms with Gasteiger partial charge < -0.3 is 14.8 Å². The average Bonchev–Trinajstić information content (AvgIpc) is 2.71. The number of benzene rings is 2. The van der Waals surface area contributed by atoms with Gasteiger partial charge in [0.2, 0.25) is 0 Å². The Balaban J connectivity index is 1.30. The molecule has 4 saturated carbocycles. The van der Waals surface area contributed by atoms with Crippen LogP contribution in [-0.2, 0) is 13.2 Å². The average molecular weight is 553 g/mol. The first kappa shape index (κ1) is 23.8. The van der Waals surface area contributed by atoms with E-state index in [-0.39, 0.29) is 5.54 Å². The quantitative estimate of drug-likeness (QED) is 0.375. The summed E-state index contributed by atoms with van der Waals surface area (Å²) in [6, 6.07) is 9.76. The molecule has 6 heteroatoms. The van der Waals surface area contributed by atoms with Gasteiger partial charge in [0.05, 0.1) is 21.6 Å². The Hall–Kier alpha value is -0.940. The molecular weight excluding hydrogens is 521 g/mol. The van der Waals surface area contributed by atoms with Crippen molar-refractivity contribution in [3.8, 4) is 11.5 Å². The summed E-state index contributed by atoms with van der Waals surface area (Å²) >= 11 is 15.9. The predicted octanol–water partition coefficient (Wildman–Crippen LogP) is 8.18. The fourth-order valence-electron chi connectivity index (χ4n) is 7.73. The van der Waals surface area contributed by atoms with Crippen molar-refractivity contribution in [3.63, 3.8) is 0 Å². The molecule has 4 fully saturated rings. The van der Waals surface area contributed by atoms with Crippen LogP contribution in [0, 0.1) is 16.7 Å². The maximum Gasteiger partial charge on any atom is 0.175 e. The number of ether oxygens (including phenoxy) is 2. The Bertz CT molecular complexity index is 1060. The molecule has 33 heavy (non-hydrogen) atoms. The molecule has 178 valence electrons. The summed E-state index contributed by atoms with van der Waals surface area (Å²) < 4.78 is 12.7. The van der Waals surface area contributed by atoms with Crippen molar-refractivity contribution in [1.82, 2.24) is 5.32 Å². The number of methoxy groups -OCH3 is 1. The van der Waals surface area contributed by atoms with Gasteiger partial charge in [0.1, 0.15) is 6.61 Å². The topological polar surface area (TPSA) is 30.5 Å². The lowest BCUT2D eigenvalue weighted by Gasteiger charge is -2.65. The van der Waals surface area contributed by atoms with Crippen LogP contribution in [0.1, 0.15) is 63.5 Å². The first-order valence-corrected chi connectivity index (χ1v) is 13.3. The monoisotopic (exact) mass is 551 g/mol. The molecule has 2 unspecified atom stereocenters. The van der Waals surface area contributed by atoms with Crippen LogP contribution in [0.5, 0.6) is 11.5 Å². The van der Waals surface area contributed by atoms with Gasteiger partial charge in [0.15, 0.2) is 11.5 Å². The molecule has 2 aromatic rings. The van der Waals surface area contributed by atoms with Gasteiger partial charge >= 0.3 is 0 Å². The largest absolute Gasteiger partial charge is 0.493 e. The second-order valence-corrected chi connectivity index (χ2v) is 13.1. The first-order valence-electron chi connectivity index (χ1n) is 11.8. The molecule has 4 aliphatic carbocycles. The molecule has 0 aromatic heterocycles. The van der Waals surface area contributed by atoms with Gasteiger partial charge in [-0.05, 0) is 107 Å². The highest BCUT2D eigenvalue weighted by Crippen LogP contribution is 2.66. The Labute approximate surface area is 215 Å². The second-order valence-electron chi connectivity index (χ2n) is 11.4. The van der Waals surface area contributed by atoms with Gasteiger partial charge in [-0.2, -0.15) is 0 Å². The smallest absolute Gasteiger partial charge is 0.175 e. The minimum Gasteiger partial charge on any atom is -0.493 e. The van der Waals surface area contributed by atoms with Crippen LogP contribution in [0.25, 0.3) is 0 Å². The Morgan fingerprint density at radius 2 is 1.70 bits per heavy atom. The van der Waals surface area contributed by atoms with Crippen LogP contribution in [-0.4, -0.2) is 12.6 Å². The minimum atomic E-state index is 0.269. The highest BCUT2D eigenvalue weighted by atomic mass is 79.9. The molecule has 0 spiro atoms. The molecule has 1 N–H and O–H groups in total. The van der Waals surface area contributed by atoms with Gasteiger partial charge in [0.25, 0.3) is 0 Å². The minimum absolute atomic E-state index is 0.269. The Morgan fingerprint density at radius 3 is 2.33 bits per heavy atom. The van der Waals surface area contributed by atoms with E-state index in [1.807, 2.05) is 12.1 Å². The van der Waals surface area contributed by atoms with E-state index in [1.54, 1.807) is 13.2 Å². The summed E-state index contributed by atoms with van der Waals surface area (Å²) in [4.78, 5) is 0. The summed E-state index contributed by atoms with van der Waals surface area (Å²) in [5.74, 6) is 2.30. The van der Waals surface area contributed by atoms with Crippen molar-refractivity contribution >= 4 is 39.1 Å². The highest BCUT2D eigenvalue weighted by Gasteiger charge is 2.59. The van der Waals surface area contributed by atoms with Crippen molar-refractivity contribution in [3.05, 3.63) is 56.0 Å². The van der Waals surface area contributed by atoms with E-state index in [2.05, 4.69) is 47.2 Å². The van der Waals surface area contributed by atoms with E-state index in [4.69, 9.17) is 32.7 Å². The van der Waals surface area contributed by atoms with Gasteiger partial charge in [-0.25, -0.2) is 0 Å². The third-order valence-corrected chi connectivity index (χ3v) is 9.28. The fraction of sp³-hybridized carbons (Fsp3) is 0.556. The molecule has 0 radical (unpaired) electrons. The molecule has 0 amide bonds. The molecule has 0 saturated heterocycles. The molecular formula is C27H32BrCl2NO2. The van der Waals surface area contributed by atoms with Crippen molar-refractivity contribution in [2.45, 2.75) is 71.1 Å². The van der Waals surface area contributed by atoms with Crippen LogP contribution in [0.4, 0.5) is 0 Å². The van der Waals surface area contributed by atoms with Crippen LogP contribution < -0.4 is 14.8 Å². The molecule has 0 aliphatic heterocycles. The maximum absolute atomic E-state index is 6.14. The van der Waals surface area contributed by atoms with Crippen molar-refractivity contribution in [2.75, 3.05) is 7.11 Å². The summed E-state index contributed by atoms with van der Waals surface area (Å²) in [6.45, 7) is 6.25. The van der Waals surface area contributed by atoms with Gasteiger partial charge in [0, 0.05) is 12.1 Å². The Morgan fingerprint density at radius 1 is 0.970 bits per heavy atom. The van der Waals surface area contributed by atoms with E-state index in [9.17, 15) is 0 Å². The normalized spacial score (nSPS) is 32.2. The zero-order valence-corrected chi connectivity index (χ0v) is 22.7. The van der Waals surface area contributed by atoms with E-state index >= 15 is 0 Å². The molecule has 2 atom stereocenters. The van der Waals surface area contributed by atoms with E-state index in [0.29, 0.717) is 33.2 Å². The van der Waals surface area contributed by atoms with Gasteiger partial charge in [-0.1, -0.05) is 43.1 Å². The summed E-state index contributed by atoms with van der Waals surface area (Å²) in [6.07, 6.45) is 8.14. The zero-order chi connectivity index (χ0) is 23.4. The fourth-order valence-corrected chi connectivity index (χ4v) is 8.66. The number of hydrogen-bond donors (Lipinski definition) is 1. The summed E-state index contributed by atoms with van der Waals surface area (Å²) in [5, 5.41) is 5.08. The number of rotatable bonds is 7. The van der Waals surface area contributed by atoms with Crippen molar-refractivity contribution in [2.24, 2.45) is 16.7 Å². The predicted molar refractivity (Wildman–Crippen MR) is 138 cm³/mol. The highest BCUT2D eigenvalue weighted by molar-refractivity contribution is 9.10. The van der Waals surface area contributed by atoms with Gasteiger partial charge in [-0.15, -0.1) is 0 Å². The summed E-state index contributed by atoms with van der Waals surface area (Å²) in [7, 11) is 1.69. The van der Waals surface area contributed by atoms with Crippen LogP contribution >= 0.6 is 39.1 Å². The van der Waals surface area contributed by atoms with Crippen molar-refractivity contribution in [1.29, 1.82) is 0 Å². The molecule has 3 nitrogen and oxygen atoms in total. The Kier molecular flexibility index (Phi) is 6.21. The molecule has 0 heterocycles. The standard InChI is InChI=1S/C27H32BrCl2NO2/c1-25-9-19-10-26(2,14-25)16-27(11-19,15-25)31-12-18-6-20(28)24(23(8-18)32-3)33-13-17-4-5-21(29)22(30)7-17/h4-8,19,31H,9-16H2,1-3H3. The maximum atomic E-state index is 6.14. The lowest BCUT2D eigenvalue weighted by Crippen LogP contribution is -2.63. The van der Waals surface area contributed by atoms with Gasteiger partial charge in [-0.3, -0.25) is 0 Å². The number of nitrogens with one attached hydrogen (secondary N) is 1. The third-order valence-electron chi connectivity index (χ3n) is 7.95. The van der Waals surface area contributed by atoms with E-state index < -0.39 is 0 Å². The molecule has 2 aromatic carbocycles. The van der Waals surface area contributed by atoms with E-state index in [1.165, 1.54) is 44.1 Å². The van der Waals surface area contributed by atoms with Crippen LogP contribution in [0.15, 0.2) is 34.8 Å². The molecule has 4 aliphatic rings. The number of hydrogen-bond acceptors (Lipinski definition) is 3. The van der Waals surface area contributed by atoms with Crippen LogP contribution in [0.3, 0.4) is 0 Å². The third kappa shape index (κ3) is 4.78. The second kappa shape index (κ2) is 8.62. The van der Waals surface area contributed by atoms with Crippen molar-refractivity contribution < 1.29 is 9.47 Å². The SMILES string of the molecule is COc1cc(CNC23CC4CC(C)(CC(C)(C4)C2)C3)cc(Br)c1OCc1ccc(Cl)c(Cl)c1. The number of halogens is 3. The zero-order valence-electron chi connectivity index (χ0n) is 19.6. The van der Waals surface area contributed by atoms with Crippen LogP contribution in [0.2, 0.25) is 10.0 Å². The lowest BCUT2D eigenvalue weighted by molar-refractivity contribution is -0.118. The first-order chi connectivity index (χ1) is 15.6. The van der Waals surface area contributed by atoms with E-state index in [0.717, 1.165) is 28.2 Å². The lowest BCUT2D eigenvalue weighted by atomic mass is 9.43. The summed E-state index contributed by atoms with van der Waals surface area (Å²) in [5.41, 5.74) is 3.43. The molecule has 6 rings (SSSR count).